The van der Waals surface area contributed by atoms with E-state index in [1.165, 1.54) is 21.4 Å². The SMILES string of the molecule is Cc1ccccc1C1=Cc2cnn(-c3ccccn3)c(=O)c2CC1. The van der Waals surface area contributed by atoms with Gasteiger partial charge in [-0.2, -0.15) is 9.78 Å². The Morgan fingerprint density at radius 2 is 1.88 bits per heavy atom. The summed E-state index contributed by atoms with van der Waals surface area (Å²) in [5.74, 6) is 0.555. The highest BCUT2D eigenvalue weighted by Crippen LogP contribution is 2.30. The molecular formula is C20H17N3O. The molecule has 118 valence electrons. The number of aryl methyl sites for hydroxylation is 1. The Hall–Kier alpha value is -3.01. The Kier molecular flexibility index (Phi) is 3.58. The largest absolute Gasteiger partial charge is 0.276 e. The van der Waals surface area contributed by atoms with Crippen LogP contribution in [0.1, 0.15) is 28.7 Å². The van der Waals surface area contributed by atoms with Crippen molar-refractivity contribution in [2.75, 3.05) is 0 Å². The first-order chi connectivity index (χ1) is 11.7. The van der Waals surface area contributed by atoms with Gasteiger partial charge in [0, 0.05) is 17.3 Å². The molecule has 1 aliphatic rings. The van der Waals surface area contributed by atoms with E-state index in [0.717, 1.165) is 24.0 Å². The summed E-state index contributed by atoms with van der Waals surface area (Å²) in [5.41, 5.74) is 5.41. The van der Waals surface area contributed by atoms with Crippen molar-refractivity contribution in [1.29, 1.82) is 0 Å². The number of aromatic nitrogens is 3. The molecule has 24 heavy (non-hydrogen) atoms. The molecule has 2 heterocycles. The molecule has 0 saturated heterocycles. The van der Waals surface area contributed by atoms with Gasteiger partial charge in [-0.05, 0) is 54.7 Å². The third kappa shape index (κ3) is 2.46. The summed E-state index contributed by atoms with van der Waals surface area (Å²) in [6.07, 6.45) is 7.11. The molecule has 3 aromatic rings. The first kappa shape index (κ1) is 14.6. The van der Waals surface area contributed by atoms with Crippen LogP contribution in [0, 0.1) is 6.92 Å². The zero-order valence-corrected chi connectivity index (χ0v) is 13.4. The summed E-state index contributed by atoms with van der Waals surface area (Å²) in [4.78, 5) is 17.0. The lowest BCUT2D eigenvalue weighted by Gasteiger charge is -2.18. The number of nitrogens with zero attached hydrogens (tertiary/aromatic N) is 3. The van der Waals surface area contributed by atoms with E-state index >= 15 is 0 Å². The first-order valence-corrected chi connectivity index (χ1v) is 8.03. The summed E-state index contributed by atoms with van der Waals surface area (Å²) in [6, 6.07) is 13.8. The fourth-order valence-corrected chi connectivity index (χ4v) is 3.18. The standard InChI is InChI=1S/C20H17N3O/c1-14-6-2-3-7-17(14)15-9-10-18-16(12-15)13-22-23(20(18)24)19-8-4-5-11-21-19/h2-8,11-13H,9-10H2,1H3. The smallest absolute Gasteiger partial charge is 0.267 e. The Labute approximate surface area is 140 Å². The molecule has 1 aromatic carbocycles. The predicted octanol–water partition coefficient (Wildman–Crippen LogP) is 3.42. The number of rotatable bonds is 2. The Bertz CT molecular complexity index is 987. The summed E-state index contributed by atoms with van der Waals surface area (Å²) < 4.78 is 1.38. The number of hydrogen-bond donors (Lipinski definition) is 0. The van der Waals surface area contributed by atoms with Crippen molar-refractivity contribution < 1.29 is 0 Å². The molecule has 0 radical (unpaired) electrons. The van der Waals surface area contributed by atoms with Crippen molar-refractivity contribution in [2.24, 2.45) is 0 Å². The number of benzene rings is 1. The van der Waals surface area contributed by atoms with Gasteiger partial charge in [-0.3, -0.25) is 4.79 Å². The minimum Gasteiger partial charge on any atom is -0.267 e. The van der Waals surface area contributed by atoms with Gasteiger partial charge in [0.15, 0.2) is 5.82 Å². The van der Waals surface area contributed by atoms with Crippen LogP contribution in [-0.2, 0) is 6.42 Å². The molecule has 0 bridgehead atoms. The lowest BCUT2D eigenvalue weighted by Crippen LogP contribution is -2.27. The molecule has 4 heteroatoms. The van der Waals surface area contributed by atoms with Gasteiger partial charge in [-0.15, -0.1) is 0 Å². The van der Waals surface area contributed by atoms with Crippen LogP contribution in [-0.4, -0.2) is 14.8 Å². The zero-order chi connectivity index (χ0) is 16.5. The third-order valence-corrected chi connectivity index (χ3v) is 4.44. The second-order valence-electron chi connectivity index (χ2n) is 5.97. The van der Waals surface area contributed by atoms with E-state index in [-0.39, 0.29) is 5.56 Å². The molecule has 0 aliphatic heterocycles. The van der Waals surface area contributed by atoms with Crippen LogP contribution in [0.2, 0.25) is 0 Å². The van der Waals surface area contributed by atoms with Crippen molar-refractivity contribution >= 4 is 11.6 Å². The van der Waals surface area contributed by atoms with E-state index in [1.54, 1.807) is 18.5 Å². The van der Waals surface area contributed by atoms with Crippen LogP contribution >= 0.6 is 0 Å². The highest BCUT2D eigenvalue weighted by Gasteiger charge is 2.18. The molecule has 4 nitrogen and oxygen atoms in total. The van der Waals surface area contributed by atoms with Gasteiger partial charge in [-0.25, -0.2) is 4.98 Å². The second kappa shape index (κ2) is 5.89. The van der Waals surface area contributed by atoms with Crippen molar-refractivity contribution in [3.8, 4) is 5.82 Å². The number of pyridine rings is 1. The predicted molar refractivity (Wildman–Crippen MR) is 95.0 cm³/mol. The van der Waals surface area contributed by atoms with Gasteiger partial charge in [-0.1, -0.05) is 30.3 Å². The number of allylic oxidation sites excluding steroid dienone is 1. The van der Waals surface area contributed by atoms with Gasteiger partial charge < -0.3 is 0 Å². The van der Waals surface area contributed by atoms with Gasteiger partial charge >= 0.3 is 0 Å². The lowest BCUT2D eigenvalue weighted by atomic mass is 9.88. The molecule has 0 amide bonds. The highest BCUT2D eigenvalue weighted by atomic mass is 16.1. The Morgan fingerprint density at radius 1 is 1.04 bits per heavy atom. The minimum absolute atomic E-state index is 0.0775. The summed E-state index contributed by atoms with van der Waals surface area (Å²) >= 11 is 0. The first-order valence-electron chi connectivity index (χ1n) is 8.03. The van der Waals surface area contributed by atoms with E-state index in [0.29, 0.717) is 5.82 Å². The van der Waals surface area contributed by atoms with E-state index in [2.05, 4.69) is 41.3 Å². The highest BCUT2D eigenvalue weighted by molar-refractivity contribution is 5.85. The second-order valence-corrected chi connectivity index (χ2v) is 5.97. The molecule has 0 fully saturated rings. The van der Waals surface area contributed by atoms with Crippen LogP contribution in [0.25, 0.3) is 17.5 Å². The molecule has 0 saturated carbocycles. The molecule has 0 spiro atoms. The average molecular weight is 315 g/mol. The fraction of sp³-hybridized carbons (Fsp3) is 0.150. The Morgan fingerprint density at radius 3 is 2.67 bits per heavy atom. The van der Waals surface area contributed by atoms with Crippen molar-refractivity contribution in [3.63, 3.8) is 0 Å². The Balaban J connectivity index is 1.80. The van der Waals surface area contributed by atoms with Crippen LogP contribution in [0.4, 0.5) is 0 Å². The average Bonchev–Trinajstić information content (AvgIpc) is 2.63. The minimum atomic E-state index is -0.0775. The van der Waals surface area contributed by atoms with Gasteiger partial charge in [0.2, 0.25) is 0 Å². The molecule has 1 aliphatic carbocycles. The number of hydrogen-bond acceptors (Lipinski definition) is 3. The quantitative estimate of drug-likeness (QED) is 0.728. The maximum atomic E-state index is 12.8. The molecule has 0 N–H and O–H groups in total. The molecule has 2 aromatic heterocycles. The maximum Gasteiger partial charge on any atom is 0.276 e. The lowest BCUT2D eigenvalue weighted by molar-refractivity contribution is 0.755. The summed E-state index contributed by atoms with van der Waals surface area (Å²) in [7, 11) is 0. The summed E-state index contributed by atoms with van der Waals surface area (Å²) in [6.45, 7) is 2.11. The third-order valence-electron chi connectivity index (χ3n) is 4.44. The molecular weight excluding hydrogens is 298 g/mol. The normalized spacial score (nSPS) is 13.3. The van der Waals surface area contributed by atoms with Gasteiger partial charge in [0.25, 0.3) is 5.56 Å². The summed E-state index contributed by atoms with van der Waals surface area (Å²) in [5, 5.41) is 4.31. The van der Waals surface area contributed by atoms with Crippen molar-refractivity contribution in [1.82, 2.24) is 14.8 Å². The van der Waals surface area contributed by atoms with Gasteiger partial charge in [0.05, 0.1) is 6.20 Å². The van der Waals surface area contributed by atoms with Crippen LogP contribution in [0.5, 0.6) is 0 Å². The van der Waals surface area contributed by atoms with Crippen molar-refractivity contribution in [2.45, 2.75) is 19.8 Å². The van der Waals surface area contributed by atoms with Crippen LogP contribution < -0.4 is 5.56 Å². The van der Waals surface area contributed by atoms with Crippen molar-refractivity contribution in [3.05, 3.63) is 87.5 Å². The fourth-order valence-electron chi connectivity index (χ4n) is 3.18. The van der Waals surface area contributed by atoms with Crippen LogP contribution in [0.15, 0.2) is 59.7 Å². The topological polar surface area (TPSA) is 47.8 Å². The molecule has 4 rings (SSSR count). The van der Waals surface area contributed by atoms with Crippen LogP contribution in [0.3, 0.4) is 0 Å². The van der Waals surface area contributed by atoms with E-state index < -0.39 is 0 Å². The molecule has 0 unspecified atom stereocenters. The van der Waals surface area contributed by atoms with E-state index in [9.17, 15) is 4.79 Å². The number of fused-ring (bicyclic) bond motifs is 1. The van der Waals surface area contributed by atoms with Gasteiger partial charge in [0.1, 0.15) is 0 Å². The van der Waals surface area contributed by atoms with E-state index in [1.807, 2.05) is 18.2 Å². The van der Waals surface area contributed by atoms with E-state index in [4.69, 9.17) is 0 Å². The maximum absolute atomic E-state index is 12.8. The molecule has 0 atom stereocenters. The zero-order valence-electron chi connectivity index (χ0n) is 13.4. The monoisotopic (exact) mass is 315 g/mol.